The second-order valence-corrected chi connectivity index (χ2v) is 7.92. The van der Waals surface area contributed by atoms with Crippen molar-refractivity contribution in [1.29, 1.82) is 0 Å². The van der Waals surface area contributed by atoms with Gasteiger partial charge in [-0.3, -0.25) is 0 Å². The minimum absolute atomic E-state index is 0.216. The van der Waals surface area contributed by atoms with Crippen molar-refractivity contribution >= 4 is 12.2 Å². The first-order valence-corrected chi connectivity index (χ1v) is 8.74. The molecule has 0 bridgehead atoms. The van der Waals surface area contributed by atoms with Crippen molar-refractivity contribution < 1.29 is 19.1 Å². The SMILES string of the molecule is CC(C)(C)OC(=O)N1CC[C@]2(NC(=O)OCc3ccccc3)C[C@@H]2C1. The lowest BCUT2D eigenvalue weighted by Crippen LogP contribution is -2.49. The minimum atomic E-state index is -0.491. The third kappa shape index (κ3) is 4.44. The Morgan fingerprint density at radius 3 is 2.64 bits per heavy atom. The minimum Gasteiger partial charge on any atom is -0.445 e. The van der Waals surface area contributed by atoms with E-state index in [1.807, 2.05) is 51.1 Å². The van der Waals surface area contributed by atoms with E-state index in [4.69, 9.17) is 9.47 Å². The van der Waals surface area contributed by atoms with Crippen molar-refractivity contribution in [3.63, 3.8) is 0 Å². The summed E-state index contributed by atoms with van der Waals surface area (Å²) in [5.41, 5.74) is 0.253. The lowest BCUT2D eigenvalue weighted by molar-refractivity contribution is 0.0192. The largest absolute Gasteiger partial charge is 0.445 e. The number of nitrogens with one attached hydrogen (secondary N) is 1. The molecule has 2 aliphatic rings. The fourth-order valence-electron chi connectivity index (χ4n) is 3.29. The van der Waals surface area contributed by atoms with Gasteiger partial charge in [-0.15, -0.1) is 0 Å². The van der Waals surface area contributed by atoms with Crippen molar-refractivity contribution in [3.8, 4) is 0 Å². The number of carbonyl (C=O) groups is 2. The van der Waals surface area contributed by atoms with Crippen LogP contribution in [0.5, 0.6) is 0 Å². The molecule has 25 heavy (non-hydrogen) atoms. The Kier molecular flexibility index (Phi) is 4.62. The molecule has 6 heteroatoms. The van der Waals surface area contributed by atoms with Gasteiger partial charge in [-0.2, -0.15) is 0 Å². The molecule has 1 aromatic carbocycles. The maximum absolute atomic E-state index is 12.2. The van der Waals surface area contributed by atoms with Gasteiger partial charge < -0.3 is 19.7 Å². The second-order valence-electron chi connectivity index (χ2n) is 7.92. The molecule has 1 saturated carbocycles. The van der Waals surface area contributed by atoms with E-state index in [0.717, 1.165) is 18.4 Å². The number of fused-ring (bicyclic) bond motifs is 1. The third-order valence-corrected chi connectivity index (χ3v) is 4.72. The Bertz CT molecular complexity index is 641. The lowest BCUT2D eigenvalue weighted by atomic mass is 10.1. The average molecular weight is 346 g/mol. The van der Waals surface area contributed by atoms with Gasteiger partial charge in [0.2, 0.25) is 0 Å². The molecule has 0 unspecified atom stereocenters. The van der Waals surface area contributed by atoms with E-state index < -0.39 is 11.7 Å². The highest BCUT2D eigenvalue weighted by Gasteiger charge is 2.58. The molecule has 0 aromatic heterocycles. The molecule has 2 atom stereocenters. The number of benzene rings is 1. The molecular weight excluding hydrogens is 320 g/mol. The van der Waals surface area contributed by atoms with E-state index in [1.54, 1.807) is 4.90 Å². The summed E-state index contributed by atoms with van der Waals surface area (Å²) in [7, 11) is 0. The number of likely N-dealkylation sites (tertiary alicyclic amines) is 1. The van der Waals surface area contributed by atoms with Crippen LogP contribution < -0.4 is 5.32 Å². The van der Waals surface area contributed by atoms with Crippen LogP contribution in [0.3, 0.4) is 0 Å². The fourth-order valence-corrected chi connectivity index (χ4v) is 3.29. The summed E-state index contributed by atoms with van der Waals surface area (Å²) in [4.78, 5) is 26.0. The highest BCUT2D eigenvalue weighted by atomic mass is 16.6. The number of ether oxygens (including phenoxy) is 2. The fraction of sp³-hybridized carbons (Fsp3) is 0.579. The quantitative estimate of drug-likeness (QED) is 0.912. The van der Waals surface area contributed by atoms with Crippen molar-refractivity contribution in [2.45, 2.75) is 51.4 Å². The summed E-state index contributed by atoms with van der Waals surface area (Å²) in [6, 6.07) is 9.60. The molecule has 3 rings (SSSR count). The molecule has 2 fully saturated rings. The molecule has 1 aromatic rings. The van der Waals surface area contributed by atoms with E-state index >= 15 is 0 Å². The molecule has 1 aliphatic heterocycles. The van der Waals surface area contributed by atoms with Gasteiger partial charge in [0.1, 0.15) is 12.2 Å². The summed E-state index contributed by atoms with van der Waals surface area (Å²) < 4.78 is 10.7. The van der Waals surface area contributed by atoms with Gasteiger partial charge in [0.25, 0.3) is 0 Å². The zero-order valence-electron chi connectivity index (χ0n) is 15.1. The highest BCUT2D eigenvalue weighted by Crippen LogP contribution is 2.49. The first-order valence-electron chi connectivity index (χ1n) is 8.74. The summed E-state index contributed by atoms with van der Waals surface area (Å²) in [6.45, 7) is 7.05. The lowest BCUT2D eigenvalue weighted by Gasteiger charge is -2.33. The predicted octanol–water partition coefficient (Wildman–Crippen LogP) is 3.31. The number of piperidine rings is 1. The standard InChI is InChI=1S/C19H26N2O4/c1-18(2,3)25-17(23)21-10-9-19(11-15(19)12-21)20-16(22)24-13-14-7-5-4-6-8-14/h4-8,15H,9-13H2,1-3H3,(H,20,22)/t15-,19+/m1/s1. The smallest absolute Gasteiger partial charge is 0.410 e. The van der Waals surface area contributed by atoms with E-state index in [0.29, 0.717) is 13.1 Å². The van der Waals surface area contributed by atoms with Gasteiger partial charge in [-0.25, -0.2) is 9.59 Å². The van der Waals surface area contributed by atoms with Gasteiger partial charge in [0.15, 0.2) is 0 Å². The Morgan fingerprint density at radius 1 is 1.28 bits per heavy atom. The van der Waals surface area contributed by atoms with Crippen molar-refractivity contribution in [2.75, 3.05) is 13.1 Å². The van der Waals surface area contributed by atoms with Crippen LogP contribution in [0.2, 0.25) is 0 Å². The van der Waals surface area contributed by atoms with Crippen LogP contribution in [0.15, 0.2) is 30.3 Å². The maximum Gasteiger partial charge on any atom is 0.410 e. The molecule has 1 N–H and O–H groups in total. The second kappa shape index (κ2) is 6.58. The number of nitrogens with zero attached hydrogens (tertiary/aromatic N) is 1. The molecule has 1 aliphatic carbocycles. The number of hydrogen-bond donors (Lipinski definition) is 1. The topological polar surface area (TPSA) is 67.9 Å². The number of alkyl carbamates (subject to hydrolysis) is 1. The van der Waals surface area contributed by atoms with Gasteiger partial charge >= 0.3 is 12.2 Å². The van der Waals surface area contributed by atoms with Crippen LogP contribution >= 0.6 is 0 Å². The summed E-state index contributed by atoms with van der Waals surface area (Å²) in [5, 5.41) is 3.01. The molecule has 1 heterocycles. The average Bonchev–Trinajstić information content (AvgIpc) is 3.25. The molecule has 6 nitrogen and oxygen atoms in total. The van der Waals surface area contributed by atoms with Crippen LogP contribution in [0.25, 0.3) is 0 Å². The number of hydrogen-bond acceptors (Lipinski definition) is 4. The number of rotatable bonds is 3. The summed E-state index contributed by atoms with van der Waals surface area (Å²) >= 11 is 0. The van der Waals surface area contributed by atoms with Crippen molar-refractivity contribution in [1.82, 2.24) is 10.2 Å². The number of amides is 2. The molecular formula is C19H26N2O4. The Labute approximate surface area is 148 Å². The van der Waals surface area contributed by atoms with E-state index in [9.17, 15) is 9.59 Å². The summed E-state index contributed by atoms with van der Waals surface area (Å²) in [5.74, 6) is 0.276. The Balaban J connectivity index is 1.45. The van der Waals surface area contributed by atoms with E-state index in [2.05, 4.69) is 5.32 Å². The molecule has 1 saturated heterocycles. The molecule has 136 valence electrons. The molecule has 0 spiro atoms. The van der Waals surface area contributed by atoms with Crippen LogP contribution in [0.4, 0.5) is 9.59 Å². The normalized spacial score (nSPS) is 24.9. The van der Waals surface area contributed by atoms with Gasteiger partial charge in [0, 0.05) is 19.0 Å². The van der Waals surface area contributed by atoms with Crippen molar-refractivity contribution in [2.24, 2.45) is 5.92 Å². The monoisotopic (exact) mass is 346 g/mol. The number of carbonyl (C=O) groups excluding carboxylic acids is 2. The Hall–Kier alpha value is -2.24. The molecule has 0 radical (unpaired) electrons. The van der Waals surface area contributed by atoms with Crippen LogP contribution in [-0.2, 0) is 16.1 Å². The molecule has 2 amide bonds. The first kappa shape index (κ1) is 17.6. The van der Waals surface area contributed by atoms with Gasteiger partial charge in [-0.1, -0.05) is 30.3 Å². The Morgan fingerprint density at radius 2 is 2.00 bits per heavy atom. The van der Waals surface area contributed by atoms with Crippen LogP contribution in [0, 0.1) is 5.92 Å². The van der Waals surface area contributed by atoms with E-state index in [1.165, 1.54) is 0 Å². The van der Waals surface area contributed by atoms with Crippen LogP contribution in [-0.4, -0.2) is 41.3 Å². The third-order valence-electron chi connectivity index (χ3n) is 4.72. The highest BCUT2D eigenvalue weighted by molar-refractivity contribution is 5.71. The first-order chi connectivity index (χ1) is 11.8. The zero-order valence-corrected chi connectivity index (χ0v) is 15.1. The van der Waals surface area contributed by atoms with Crippen molar-refractivity contribution in [3.05, 3.63) is 35.9 Å². The maximum atomic E-state index is 12.2. The van der Waals surface area contributed by atoms with Crippen LogP contribution in [0.1, 0.15) is 39.2 Å². The van der Waals surface area contributed by atoms with Gasteiger partial charge in [0.05, 0.1) is 5.54 Å². The zero-order chi connectivity index (χ0) is 18.1. The predicted molar refractivity (Wildman–Crippen MR) is 93.0 cm³/mol. The van der Waals surface area contributed by atoms with E-state index in [-0.39, 0.29) is 24.2 Å². The van der Waals surface area contributed by atoms with Gasteiger partial charge in [-0.05, 0) is 39.2 Å². The summed E-state index contributed by atoms with van der Waals surface area (Å²) in [6.07, 6.45) is 0.945.